The highest BCUT2D eigenvalue weighted by molar-refractivity contribution is 4.95. The van der Waals surface area contributed by atoms with Crippen molar-refractivity contribution >= 4 is 0 Å². The fourth-order valence-corrected chi connectivity index (χ4v) is 2.22. The van der Waals surface area contributed by atoms with Crippen LogP contribution in [0.15, 0.2) is 0 Å². The standard InChI is InChI=1S/C9H19NO2.HNO/c1-8(2)5-7(11)6-9(3,4)10(8)12;1-2/h7,11-12H,5-6H2,1-4H3;1H. The Hall–Kier alpha value is -0.520. The fourth-order valence-electron chi connectivity index (χ4n) is 2.22. The molecule has 0 aliphatic carbocycles. The van der Waals surface area contributed by atoms with Crippen LogP contribution in [0, 0.1) is 10.5 Å². The highest BCUT2D eigenvalue weighted by atomic mass is 16.5. The molecule has 3 N–H and O–H groups in total. The summed E-state index contributed by atoms with van der Waals surface area (Å²) in [5, 5.41) is 20.7. The molecule has 5 heteroatoms. The lowest BCUT2D eigenvalue weighted by atomic mass is 9.80. The summed E-state index contributed by atoms with van der Waals surface area (Å²) >= 11 is 0. The average molecular weight is 204 g/mol. The van der Waals surface area contributed by atoms with Crippen LogP contribution in [0.2, 0.25) is 0 Å². The molecule has 1 aliphatic rings. The van der Waals surface area contributed by atoms with Gasteiger partial charge in [0.1, 0.15) is 0 Å². The summed E-state index contributed by atoms with van der Waals surface area (Å²) in [6.45, 7) is 7.77. The van der Waals surface area contributed by atoms with E-state index in [9.17, 15) is 10.3 Å². The maximum absolute atomic E-state index is 9.80. The van der Waals surface area contributed by atoms with Gasteiger partial charge in [0.2, 0.25) is 0 Å². The molecule has 0 bridgehead atoms. The van der Waals surface area contributed by atoms with Crippen molar-refractivity contribution in [1.29, 1.82) is 5.59 Å². The van der Waals surface area contributed by atoms with E-state index in [0.29, 0.717) is 12.8 Å². The summed E-state index contributed by atoms with van der Waals surface area (Å²) in [5.74, 6) is 0. The molecule has 84 valence electrons. The van der Waals surface area contributed by atoms with Gasteiger partial charge in [-0.05, 0) is 40.5 Å². The lowest BCUT2D eigenvalue weighted by Crippen LogP contribution is -2.60. The second kappa shape index (κ2) is 4.33. The van der Waals surface area contributed by atoms with E-state index in [1.54, 1.807) is 0 Å². The molecular weight excluding hydrogens is 184 g/mol. The van der Waals surface area contributed by atoms with Crippen molar-refractivity contribution in [2.45, 2.75) is 57.7 Å². The van der Waals surface area contributed by atoms with Crippen LogP contribution in [0.5, 0.6) is 0 Å². The Morgan fingerprint density at radius 3 is 1.71 bits per heavy atom. The molecule has 0 atom stereocenters. The third-order valence-corrected chi connectivity index (χ3v) is 2.62. The predicted molar refractivity (Wildman–Crippen MR) is 53.1 cm³/mol. The quantitative estimate of drug-likeness (QED) is 0.524. The molecule has 0 aromatic carbocycles. The van der Waals surface area contributed by atoms with E-state index >= 15 is 0 Å². The Labute approximate surface area is 84.4 Å². The summed E-state index contributed by atoms with van der Waals surface area (Å²) in [4.78, 5) is 7.50. The van der Waals surface area contributed by atoms with Crippen molar-refractivity contribution in [3.05, 3.63) is 4.91 Å². The molecule has 0 spiro atoms. The average Bonchev–Trinajstić information content (AvgIpc) is 2.02. The lowest BCUT2D eigenvalue weighted by Gasteiger charge is -2.50. The van der Waals surface area contributed by atoms with Gasteiger partial charge in [0, 0.05) is 11.1 Å². The normalized spacial score (nSPS) is 26.4. The van der Waals surface area contributed by atoms with Crippen molar-refractivity contribution in [2.75, 3.05) is 0 Å². The topological polar surface area (TPSA) is 84.6 Å². The van der Waals surface area contributed by atoms with E-state index < -0.39 is 0 Å². The third-order valence-electron chi connectivity index (χ3n) is 2.62. The van der Waals surface area contributed by atoms with Crippen LogP contribution in [0.4, 0.5) is 0 Å². The van der Waals surface area contributed by atoms with E-state index in [-0.39, 0.29) is 17.2 Å². The Balaban J connectivity index is 0.000000791. The van der Waals surface area contributed by atoms with Crippen molar-refractivity contribution in [3.63, 3.8) is 0 Å². The predicted octanol–water partition coefficient (Wildman–Crippen LogP) is 1.72. The van der Waals surface area contributed by atoms with E-state index in [2.05, 4.69) is 5.59 Å². The minimum absolute atomic E-state index is 0.293. The number of piperidine rings is 1. The first kappa shape index (κ1) is 13.5. The first-order chi connectivity index (χ1) is 6.26. The molecule has 0 radical (unpaired) electrons. The second-order valence-corrected chi connectivity index (χ2v) is 5.00. The highest BCUT2D eigenvalue weighted by Gasteiger charge is 2.44. The Kier molecular flexibility index (Phi) is 4.17. The SMILES string of the molecule is CC1(C)CC(O)CC(C)(C)N1O.N=O. The lowest BCUT2D eigenvalue weighted by molar-refractivity contribution is -0.257. The number of nitrogens with one attached hydrogen (secondary N) is 1. The van der Waals surface area contributed by atoms with Crippen molar-refractivity contribution < 1.29 is 10.3 Å². The molecular formula is C9H20N2O3. The monoisotopic (exact) mass is 204 g/mol. The fraction of sp³-hybridized carbons (Fsp3) is 1.00. The van der Waals surface area contributed by atoms with Crippen LogP contribution in [0.3, 0.4) is 0 Å². The number of nitroso groups, excluding NO2 is 1. The Morgan fingerprint density at radius 1 is 1.14 bits per heavy atom. The summed E-state index contributed by atoms with van der Waals surface area (Å²) in [6, 6.07) is 0. The van der Waals surface area contributed by atoms with Crippen LogP contribution in [-0.4, -0.2) is 32.6 Å². The highest BCUT2D eigenvalue weighted by Crippen LogP contribution is 2.36. The Bertz CT molecular complexity index is 176. The number of nitrogens with zero attached hydrogens (tertiary/aromatic N) is 1. The number of hydroxylamine groups is 2. The van der Waals surface area contributed by atoms with Crippen LogP contribution in [-0.2, 0) is 0 Å². The molecule has 1 saturated heterocycles. The summed E-state index contributed by atoms with van der Waals surface area (Å²) in [5.41, 5.74) is 3.86. The summed E-state index contributed by atoms with van der Waals surface area (Å²) in [7, 11) is 0. The summed E-state index contributed by atoms with van der Waals surface area (Å²) < 4.78 is 0. The molecule has 0 aromatic rings. The van der Waals surface area contributed by atoms with Gasteiger partial charge in [-0.25, -0.2) is 0 Å². The number of aliphatic hydroxyl groups is 1. The maximum atomic E-state index is 9.80. The second-order valence-electron chi connectivity index (χ2n) is 5.00. The van der Waals surface area contributed by atoms with Gasteiger partial charge in [-0.15, -0.1) is 0 Å². The summed E-state index contributed by atoms with van der Waals surface area (Å²) in [6.07, 6.45) is 0.971. The van der Waals surface area contributed by atoms with Gasteiger partial charge in [0.15, 0.2) is 0 Å². The molecule has 0 aromatic heterocycles. The molecule has 1 aliphatic heterocycles. The molecule has 14 heavy (non-hydrogen) atoms. The smallest absolute Gasteiger partial charge is 0.0576 e. The van der Waals surface area contributed by atoms with E-state index in [4.69, 9.17) is 4.91 Å². The molecule has 0 saturated carbocycles. The van der Waals surface area contributed by atoms with Gasteiger partial charge < -0.3 is 10.3 Å². The zero-order valence-corrected chi connectivity index (χ0v) is 9.24. The van der Waals surface area contributed by atoms with Crippen LogP contribution in [0.25, 0.3) is 0 Å². The minimum Gasteiger partial charge on any atom is -0.393 e. The number of aliphatic hydroxyl groups excluding tert-OH is 1. The molecule has 1 fully saturated rings. The van der Waals surface area contributed by atoms with E-state index in [1.165, 1.54) is 5.06 Å². The number of hydrogen-bond donors (Lipinski definition) is 3. The molecule has 0 unspecified atom stereocenters. The third kappa shape index (κ3) is 2.73. The van der Waals surface area contributed by atoms with Crippen LogP contribution in [0.1, 0.15) is 40.5 Å². The largest absolute Gasteiger partial charge is 0.393 e. The van der Waals surface area contributed by atoms with Crippen LogP contribution >= 0.6 is 0 Å². The van der Waals surface area contributed by atoms with Gasteiger partial charge in [0.25, 0.3) is 0 Å². The zero-order chi connectivity index (χ0) is 11.6. The Morgan fingerprint density at radius 2 is 1.43 bits per heavy atom. The van der Waals surface area contributed by atoms with Gasteiger partial charge >= 0.3 is 0 Å². The van der Waals surface area contributed by atoms with Gasteiger partial charge in [-0.1, -0.05) is 5.59 Å². The van der Waals surface area contributed by atoms with Gasteiger partial charge in [-0.2, -0.15) is 9.97 Å². The molecule has 1 heterocycles. The van der Waals surface area contributed by atoms with E-state index in [0.717, 1.165) is 0 Å². The first-order valence-electron chi connectivity index (χ1n) is 4.63. The number of rotatable bonds is 0. The molecule has 5 nitrogen and oxygen atoms in total. The molecule has 1 rings (SSSR count). The van der Waals surface area contributed by atoms with Crippen molar-refractivity contribution in [2.24, 2.45) is 0 Å². The first-order valence-corrected chi connectivity index (χ1v) is 4.63. The minimum atomic E-state index is -0.318. The zero-order valence-electron chi connectivity index (χ0n) is 9.24. The number of hydrogen-bond acceptors (Lipinski definition) is 5. The van der Waals surface area contributed by atoms with Gasteiger partial charge in [-0.3, -0.25) is 0 Å². The van der Waals surface area contributed by atoms with Crippen molar-refractivity contribution in [3.8, 4) is 0 Å². The maximum Gasteiger partial charge on any atom is 0.0576 e. The molecule has 0 amide bonds. The van der Waals surface area contributed by atoms with Crippen molar-refractivity contribution in [1.82, 2.24) is 5.06 Å². The van der Waals surface area contributed by atoms with Crippen LogP contribution < -0.4 is 0 Å². The van der Waals surface area contributed by atoms with E-state index in [1.807, 2.05) is 27.7 Å². The van der Waals surface area contributed by atoms with Gasteiger partial charge in [0.05, 0.1) is 6.10 Å².